The van der Waals surface area contributed by atoms with Crippen molar-refractivity contribution in [2.45, 2.75) is 69.7 Å². The lowest BCUT2D eigenvalue weighted by Gasteiger charge is -2.15. The molecule has 1 aliphatic carbocycles. The minimum absolute atomic E-state index is 0.305. The maximum Gasteiger partial charge on any atom is 0.243 e. The molecule has 1 N–H and O–H groups in total. The molecule has 0 radical (unpaired) electrons. The summed E-state index contributed by atoms with van der Waals surface area (Å²) in [7, 11) is 0. The van der Waals surface area contributed by atoms with Crippen molar-refractivity contribution >= 4 is 0 Å². The van der Waals surface area contributed by atoms with E-state index in [1.54, 1.807) is 0 Å². The molecule has 18 heavy (non-hydrogen) atoms. The number of nitrogens with zero attached hydrogens (tertiary/aromatic N) is 2. The Morgan fingerprint density at radius 2 is 1.72 bits per heavy atom. The van der Waals surface area contributed by atoms with Crippen molar-refractivity contribution in [3.8, 4) is 0 Å². The highest BCUT2D eigenvalue weighted by Gasteiger charge is 2.25. The summed E-state index contributed by atoms with van der Waals surface area (Å²) >= 11 is 0. The van der Waals surface area contributed by atoms with Crippen LogP contribution in [0.2, 0.25) is 0 Å². The zero-order chi connectivity index (χ0) is 12.2. The molecule has 1 saturated heterocycles. The highest BCUT2D eigenvalue weighted by Crippen LogP contribution is 2.30. The second-order valence-corrected chi connectivity index (χ2v) is 5.68. The SMILES string of the molecule is C1CCCC(c2noc(C3CCCN3)n2)CCC1. The summed E-state index contributed by atoms with van der Waals surface area (Å²) in [6.45, 7) is 1.08. The van der Waals surface area contributed by atoms with Crippen molar-refractivity contribution in [2.75, 3.05) is 6.54 Å². The summed E-state index contributed by atoms with van der Waals surface area (Å²) in [4.78, 5) is 4.65. The Bertz CT molecular complexity index is 363. The van der Waals surface area contributed by atoms with E-state index in [4.69, 9.17) is 4.52 Å². The van der Waals surface area contributed by atoms with Crippen LogP contribution < -0.4 is 5.32 Å². The van der Waals surface area contributed by atoms with Crippen LogP contribution in [-0.2, 0) is 0 Å². The summed E-state index contributed by atoms with van der Waals surface area (Å²) in [6, 6.07) is 0.305. The highest BCUT2D eigenvalue weighted by atomic mass is 16.5. The van der Waals surface area contributed by atoms with Crippen LogP contribution in [0.1, 0.15) is 81.5 Å². The maximum atomic E-state index is 5.45. The number of rotatable bonds is 2. The highest BCUT2D eigenvalue weighted by molar-refractivity contribution is 5.00. The molecule has 1 atom stereocenters. The van der Waals surface area contributed by atoms with Gasteiger partial charge in [0, 0.05) is 5.92 Å². The third kappa shape index (κ3) is 2.74. The first-order valence-electron chi connectivity index (χ1n) is 7.50. The van der Waals surface area contributed by atoms with Gasteiger partial charge in [-0.05, 0) is 32.2 Å². The molecule has 1 aromatic rings. The molecule has 1 aliphatic heterocycles. The lowest BCUT2D eigenvalue weighted by molar-refractivity contribution is 0.335. The van der Waals surface area contributed by atoms with Gasteiger partial charge in [-0.3, -0.25) is 0 Å². The van der Waals surface area contributed by atoms with E-state index in [1.807, 2.05) is 0 Å². The van der Waals surface area contributed by atoms with Crippen molar-refractivity contribution in [3.05, 3.63) is 11.7 Å². The van der Waals surface area contributed by atoms with Gasteiger partial charge in [-0.15, -0.1) is 0 Å². The average Bonchev–Trinajstić information content (AvgIpc) is 2.98. The van der Waals surface area contributed by atoms with Crippen LogP contribution in [0.4, 0.5) is 0 Å². The molecule has 0 bridgehead atoms. The van der Waals surface area contributed by atoms with E-state index >= 15 is 0 Å². The minimum Gasteiger partial charge on any atom is -0.338 e. The Hall–Kier alpha value is -0.900. The molecule has 2 aliphatic rings. The van der Waals surface area contributed by atoms with Gasteiger partial charge in [-0.1, -0.05) is 37.3 Å². The number of hydrogen-bond donors (Lipinski definition) is 1. The Kier molecular flexibility index (Phi) is 3.93. The summed E-state index contributed by atoms with van der Waals surface area (Å²) in [5, 5.41) is 7.65. The molecular formula is C14H23N3O. The molecule has 100 valence electrons. The van der Waals surface area contributed by atoms with Crippen LogP contribution in [0.25, 0.3) is 0 Å². The van der Waals surface area contributed by atoms with Gasteiger partial charge < -0.3 is 9.84 Å². The zero-order valence-corrected chi connectivity index (χ0v) is 11.0. The van der Waals surface area contributed by atoms with Gasteiger partial charge >= 0.3 is 0 Å². The smallest absolute Gasteiger partial charge is 0.243 e. The predicted octanol–water partition coefficient (Wildman–Crippen LogP) is 3.32. The van der Waals surface area contributed by atoms with Gasteiger partial charge in [0.1, 0.15) is 0 Å². The Morgan fingerprint density at radius 1 is 0.944 bits per heavy atom. The van der Waals surface area contributed by atoms with Crippen LogP contribution in [0.5, 0.6) is 0 Å². The molecule has 1 saturated carbocycles. The molecule has 2 heterocycles. The summed E-state index contributed by atoms with van der Waals surface area (Å²) < 4.78 is 5.45. The van der Waals surface area contributed by atoms with Crippen LogP contribution in [0.3, 0.4) is 0 Å². The Balaban J connectivity index is 1.66. The number of nitrogens with one attached hydrogen (secondary N) is 1. The largest absolute Gasteiger partial charge is 0.338 e. The fourth-order valence-electron chi connectivity index (χ4n) is 3.16. The van der Waals surface area contributed by atoms with Gasteiger partial charge in [0.2, 0.25) is 5.89 Å². The standard InChI is InChI=1S/C14H23N3O/c1-2-4-7-11(8-5-3-1)13-16-14(18-17-13)12-9-6-10-15-12/h11-12,15H,1-10H2. The first kappa shape index (κ1) is 12.2. The third-order valence-electron chi connectivity index (χ3n) is 4.29. The lowest BCUT2D eigenvalue weighted by Crippen LogP contribution is -2.13. The number of aromatic nitrogens is 2. The van der Waals surface area contributed by atoms with Gasteiger partial charge in [0.15, 0.2) is 5.82 Å². The van der Waals surface area contributed by atoms with Gasteiger partial charge in [-0.2, -0.15) is 4.98 Å². The third-order valence-corrected chi connectivity index (χ3v) is 4.29. The van der Waals surface area contributed by atoms with Crippen molar-refractivity contribution in [1.82, 2.24) is 15.5 Å². The molecular weight excluding hydrogens is 226 g/mol. The fraction of sp³-hybridized carbons (Fsp3) is 0.857. The van der Waals surface area contributed by atoms with Crippen LogP contribution >= 0.6 is 0 Å². The first-order valence-corrected chi connectivity index (χ1v) is 7.50. The monoisotopic (exact) mass is 249 g/mol. The van der Waals surface area contributed by atoms with Crippen molar-refractivity contribution in [2.24, 2.45) is 0 Å². The van der Waals surface area contributed by atoms with Crippen LogP contribution in [-0.4, -0.2) is 16.7 Å². The van der Waals surface area contributed by atoms with E-state index in [1.165, 1.54) is 51.4 Å². The molecule has 1 unspecified atom stereocenters. The molecule has 0 aromatic carbocycles. The van der Waals surface area contributed by atoms with Gasteiger partial charge in [-0.25, -0.2) is 0 Å². The molecule has 1 aromatic heterocycles. The zero-order valence-electron chi connectivity index (χ0n) is 11.0. The molecule has 4 nitrogen and oxygen atoms in total. The maximum absolute atomic E-state index is 5.45. The van der Waals surface area contributed by atoms with E-state index < -0.39 is 0 Å². The van der Waals surface area contributed by atoms with Gasteiger partial charge in [0.25, 0.3) is 0 Å². The van der Waals surface area contributed by atoms with Crippen molar-refractivity contribution < 1.29 is 4.52 Å². The summed E-state index contributed by atoms with van der Waals surface area (Å²) in [6.07, 6.45) is 11.6. The van der Waals surface area contributed by atoms with Crippen molar-refractivity contribution in [3.63, 3.8) is 0 Å². The van der Waals surface area contributed by atoms with Crippen LogP contribution in [0.15, 0.2) is 4.52 Å². The molecule has 0 spiro atoms. The molecule has 2 fully saturated rings. The van der Waals surface area contributed by atoms with Crippen molar-refractivity contribution in [1.29, 1.82) is 0 Å². The quantitative estimate of drug-likeness (QED) is 0.873. The second kappa shape index (κ2) is 5.83. The molecule has 0 amide bonds. The van der Waals surface area contributed by atoms with Gasteiger partial charge in [0.05, 0.1) is 6.04 Å². The first-order chi connectivity index (χ1) is 8.93. The second-order valence-electron chi connectivity index (χ2n) is 5.68. The molecule has 3 rings (SSSR count). The average molecular weight is 249 g/mol. The minimum atomic E-state index is 0.305. The Morgan fingerprint density at radius 3 is 2.44 bits per heavy atom. The topological polar surface area (TPSA) is 51.0 Å². The predicted molar refractivity (Wildman–Crippen MR) is 69.3 cm³/mol. The summed E-state index contributed by atoms with van der Waals surface area (Å²) in [5.74, 6) is 2.30. The van der Waals surface area contributed by atoms with E-state index in [-0.39, 0.29) is 0 Å². The summed E-state index contributed by atoms with van der Waals surface area (Å²) in [5.41, 5.74) is 0. The Labute approximate surface area is 109 Å². The fourth-order valence-corrected chi connectivity index (χ4v) is 3.16. The normalized spacial score (nSPS) is 27.0. The van der Waals surface area contributed by atoms with E-state index in [0.29, 0.717) is 12.0 Å². The van der Waals surface area contributed by atoms with E-state index in [2.05, 4.69) is 15.5 Å². The number of hydrogen-bond acceptors (Lipinski definition) is 4. The van der Waals surface area contributed by atoms with E-state index in [0.717, 1.165) is 24.7 Å². The van der Waals surface area contributed by atoms with Crippen LogP contribution in [0, 0.1) is 0 Å². The molecule has 4 heteroatoms. The lowest BCUT2D eigenvalue weighted by atomic mass is 9.91. The van der Waals surface area contributed by atoms with E-state index in [9.17, 15) is 0 Å².